The Morgan fingerprint density at radius 3 is 3.22 bits per heavy atom. The Kier molecular flexibility index (Phi) is 2.48. The van der Waals surface area contributed by atoms with Gasteiger partial charge in [0, 0.05) is 30.9 Å². The molecule has 0 spiro atoms. The SMILES string of the molecule is c1cc2c(s1)CCN(Cc1nnc3n1CCC3)C2. The average molecular weight is 260 g/mol. The minimum Gasteiger partial charge on any atom is -0.314 e. The van der Waals surface area contributed by atoms with Crippen LogP contribution in [-0.2, 0) is 32.5 Å². The number of thiophene rings is 1. The van der Waals surface area contributed by atoms with Crippen LogP contribution in [-0.4, -0.2) is 26.2 Å². The zero-order valence-corrected chi connectivity index (χ0v) is 11.1. The van der Waals surface area contributed by atoms with E-state index in [9.17, 15) is 0 Å². The first-order valence-corrected chi connectivity index (χ1v) is 7.47. The van der Waals surface area contributed by atoms with E-state index in [1.54, 1.807) is 4.88 Å². The molecule has 4 nitrogen and oxygen atoms in total. The van der Waals surface area contributed by atoms with Crippen LogP contribution in [0.4, 0.5) is 0 Å². The third-order valence-electron chi connectivity index (χ3n) is 3.94. The van der Waals surface area contributed by atoms with Gasteiger partial charge in [-0.1, -0.05) is 0 Å². The quantitative estimate of drug-likeness (QED) is 0.826. The molecule has 2 aromatic heterocycles. The Morgan fingerprint density at radius 2 is 2.22 bits per heavy atom. The normalized spacial score (nSPS) is 18.9. The van der Waals surface area contributed by atoms with Crippen LogP contribution in [0.3, 0.4) is 0 Å². The summed E-state index contributed by atoms with van der Waals surface area (Å²) in [7, 11) is 0. The molecule has 0 radical (unpaired) electrons. The van der Waals surface area contributed by atoms with Crippen molar-refractivity contribution in [2.75, 3.05) is 6.54 Å². The molecule has 0 unspecified atom stereocenters. The molecule has 0 aromatic carbocycles. The zero-order chi connectivity index (χ0) is 11.9. The van der Waals surface area contributed by atoms with Crippen LogP contribution in [0.5, 0.6) is 0 Å². The molecule has 5 heteroatoms. The number of aromatic nitrogens is 3. The topological polar surface area (TPSA) is 34.0 Å². The highest BCUT2D eigenvalue weighted by Gasteiger charge is 2.22. The van der Waals surface area contributed by atoms with Crippen LogP contribution in [0.2, 0.25) is 0 Å². The molecule has 4 heterocycles. The summed E-state index contributed by atoms with van der Waals surface area (Å²) in [6, 6.07) is 2.26. The van der Waals surface area contributed by atoms with E-state index in [0.29, 0.717) is 0 Å². The summed E-state index contributed by atoms with van der Waals surface area (Å²) >= 11 is 1.90. The van der Waals surface area contributed by atoms with Gasteiger partial charge in [0.15, 0.2) is 0 Å². The van der Waals surface area contributed by atoms with Gasteiger partial charge in [-0.2, -0.15) is 0 Å². The van der Waals surface area contributed by atoms with Crippen molar-refractivity contribution in [2.24, 2.45) is 0 Å². The van der Waals surface area contributed by atoms with Crippen molar-refractivity contribution in [1.29, 1.82) is 0 Å². The van der Waals surface area contributed by atoms with Crippen molar-refractivity contribution in [3.8, 4) is 0 Å². The van der Waals surface area contributed by atoms with Gasteiger partial charge in [-0.15, -0.1) is 21.5 Å². The number of rotatable bonds is 2. The third kappa shape index (κ3) is 1.69. The van der Waals surface area contributed by atoms with E-state index in [-0.39, 0.29) is 0 Å². The lowest BCUT2D eigenvalue weighted by Crippen LogP contribution is -2.30. The molecule has 0 bridgehead atoms. The van der Waals surface area contributed by atoms with Gasteiger partial charge in [0.05, 0.1) is 6.54 Å². The zero-order valence-electron chi connectivity index (χ0n) is 10.3. The molecule has 0 aliphatic carbocycles. The molecule has 4 rings (SSSR count). The van der Waals surface area contributed by atoms with Crippen LogP contribution in [0.15, 0.2) is 11.4 Å². The van der Waals surface area contributed by atoms with Gasteiger partial charge >= 0.3 is 0 Å². The van der Waals surface area contributed by atoms with Crippen LogP contribution in [0.25, 0.3) is 0 Å². The molecule has 2 aliphatic heterocycles. The second-order valence-electron chi connectivity index (χ2n) is 5.12. The fourth-order valence-electron chi connectivity index (χ4n) is 2.97. The van der Waals surface area contributed by atoms with Gasteiger partial charge in [0.1, 0.15) is 11.6 Å². The maximum absolute atomic E-state index is 4.35. The second-order valence-corrected chi connectivity index (χ2v) is 6.12. The van der Waals surface area contributed by atoms with Crippen LogP contribution in [0.1, 0.15) is 28.5 Å². The Morgan fingerprint density at radius 1 is 1.22 bits per heavy atom. The van der Waals surface area contributed by atoms with E-state index in [4.69, 9.17) is 0 Å². The highest BCUT2D eigenvalue weighted by molar-refractivity contribution is 7.10. The summed E-state index contributed by atoms with van der Waals surface area (Å²) in [5.74, 6) is 2.33. The second kappa shape index (κ2) is 4.17. The van der Waals surface area contributed by atoms with E-state index in [1.807, 2.05) is 11.3 Å². The Labute approximate surface area is 110 Å². The largest absolute Gasteiger partial charge is 0.314 e. The standard InChI is InChI=1S/C13H16N4S/c1-2-12-14-15-13(17(12)5-1)9-16-6-3-11-10(8-16)4-7-18-11/h4,7H,1-3,5-6,8-9H2. The predicted molar refractivity (Wildman–Crippen MR) is 70.5 cm³/mol. The van der Waals surface area contributed by atoms with Crippen molar-refractivity contribution < 1.29 is 0 Å². The van der Waals surface area contributed by atoms with Crippen molar-refractivity contribution in [3.63, 3.8) is 0 Å². The summed E-state index contributed by atoms with van der Waals surface area (Å²) in [5.41, 5.74) is 1.51. The summed E-state index contributed by atoms with van der Waals surface area (Å²) in [4.78, 5) is 4.06. The number of hydrogen-bond donors (Lipinski definition) is 0. The molecular formula is C13H16N4S. The van der Waals surface area contributed by atoms with E-state index < -0.39 is 0 Å². The van der Waals surface area contributed by atoms with E-state index >= 15 is 0 Å². The summed E-state index contributed by atoms with van der Waals surface area (Å²) in [6.45, 7) is 4.27. The van der Waals surface area contributed by atoms with Gasteiger partial charge in [0.25, 0.3) is 0 Å². The van der Waals surface area contributed by atoms with Crippen molar-refractivity contribution in [2.45, 2.75) is 38.9 Å². The van der Waals surface area contributed by atoms with Gasteiger partial charge in [-0.25, -0.2) is 0 Å². The van der Waals surface area contributed by atoms with E-state index in [2.05, 4.69) is 31.1 Å². The molecule has 0 N–H and O–H groups in total. The fourth-order valence-corrected chi connectivity index (χ4v) is 3.86. The van der Waals surface area contributed by atoms with Crippen molar-refractivity contribution in [3.05, 3.63) is 33.5 Å². The lowest BCUT2D eigenvalue weighted by atomic mass is 10.1. The highest BCUT2D eigenvalue weighted by Crippen LogP contribution is 2.25. The highest BCUT2D eigenvalue weighted by atomic mass is 32.1. The third-order valence-corrected chi connectivity index (χ3v) is 4.96. The Hall–Kier alpha value is -1.20. The first-order chi connectivity index (χ1) is 8.90. The van der Waals surface area contributed by atoms with Gasteiger partial charge in [-0.3, -0.25) is 4.90 Å². The van der Waals surface area contributed by atoms with Gasteiger partial charge in [0.2, 0.25) is 0 Å². The number of hydrogen-bond acceptors (Lipinski definition) is 4. The maximum atomic E-state index is 4.35. The molecule has 2 aromatic rings. The van der Waals surface area contributed by atoms with E-state index in [1.165, 1.54) is 24.2 Å². The molecule has 0 saturated heterocycles. The lowest BCUT2D eigenvalue weighted by molar-refractivity contribution is 0.238. The van der Waals surface area contributed by atoms with Gasteiger partial charge in [-0.05, 0) is 29.9 Å². The minimum atomic E-state index is 0.947. The molecule has 2 aliphatic rings. The smallest absolute Gasteiger partial charge is 0.147 e. The monoisotopic (exact) mass is 260 g/mol. The number of fused-ring (bicyclic) bond motifs is 2. The number of nitrogens with zero attached hydrogens (tertiary/aromatic N) is 4. The average Bonchev–Trinajstić information content (AvgIpc) is 3.06. The Balaban J connectivity index is 1.53. The maximum Gasteiger partial charge on any atom is 0.147 e. The summed E-state index contributed by atoms with van der Waals surface area (Å²) < 4.78 is 2.31. The van der Waals surface area contributed by atoms with Crippen LogP contribution >= 0.6 is 11.3 Å². The fraction of sp³-hybridized carbons (Fsp3) is 0.538. The van der Waals surface area contributed by atoms with Crippen molar-refractivity contribution in [1.82, 2.24) is 19.7 Å². The molecule has 0 atom stereocenters. The first-order valence-electron chi connectivity index (χ1n) is 6.59. The van der Waals surface area contributed by atoms with Crippen LogP contribution < -0.4 is 0 Å². The molecule has 94 valence electrons. The molecule has 18 heavy (non-hydrogen) atoms. The number of aryl methyl sites for hydroxylation is 1. The molecular weight excluding hydrogens is 244 g/mol. The van der Waals surface area contributed by atoms with E-state index in [0.717, 1.165) is 38.4 Å². The molecule has 0 saturated carbocycles. The predicted octanol–water partition coefficient (Wildman–Crippen LogP) is 1.84. The van der Waals surface area contributed by atoms with Crippen molar-refractivity contribution >= 4 is 11.3 Å². The first kappa shape index (κ1) is 10.7. The molecule has 0 amide bonds. The summed E-state index contributed by atoms with van der Waals surface area (Å²) in [6.07, 6.45) is 3.52. The summed E-state index contributed by atoms with van der Waals surface area (Å²) in [5, 5.41) is 10.8. The molecule has 0 fully saturated rings. The van der Waals surface area contributed by atoms with Crippen LogP contribution in [0, 0.1) is 0 Å². The lowest BCUT2D eigenvalue weighted by Gasteiger charge is -2.26. The van der Waals surface area contributed by atoms with Gasteiger partial charge < -0.3 is 4.57 Å². The minimum absolute atomic E-state index is 0.947. The Bertz CT molecular complexity index is 571.